The van der Waals surface area contributed by atoms with Crippen molar-refractivity contribution in [3.63, 3.8) is 0 Å². The first-order valence-electron chi connectivity index (χ1n) is 11.3. The van der Waals surface area contributed by atoms with Gasteiger partial charge in [0.1, 0.15) is 0 Å². The van der Waals surface area contributed by atoms with Gasteiger partial charge in [0.25, 0.3) is 0 Å². The Kier molecular flexibility index (Phi) is 7.67. The second kappa shape index (κ2) is 10.9. The van der Waals surface area contributed by atoms with Crippen LogP contribution in [0.5, 0.6) is 0 Å². The van der Waals surface area contributed by atoms with Crippen LogP contribution in [-0.4, -0.2) is 63.7 Å². The summed E-state index contributed by atoms with van der Waals surface area (Å²) in [5.74, 6) is 1.19. The van der Waals surface area contributed by atoms with Crippen LogP contribution in [0.1, 0.15) is 25.0 Å². The van der Waals surface area contributed by atoms with Crippen molar-refractivity contribution in [1.29, 1.82) is 0 Å². The Morgan fingerprint density at radius 3 is 2.55 bits per heavy atom. The third-order valence-electron chi connectivity index (χ3n) is 5.63. The summed E-state index contributed by atoms with van der Waals surface area (Å²) in [6.45, 7) is 9.66. The Morgan fingerprint density at radius 2 is 1.85 bits per heavy atom. The van der Waals surface area contributed by atoms with Crippen LogP contribution >= 0.6 is 11.8 Å². The molecule has 0 spiro atoms. The summed E-state index contributed by atoms with van der Waals surface area (Å²) in [7, 11) is 0. The Labute approximate surface area is 199 Å². The number of anilines is 1. The van der Waals surface area contributed by atoms with Crippen molar-refractivity contribution in [3.8, 4) is 5.69 Å². The summed E-state index contributed by atoms with van der Waals surface area (Å²) in [6, 6.07) is 18.5. The third-order valence-corrected chi connectivity index (χ3v) is 6.55. The van der Waals surface area contributed by atoms with Crippen LogP contribution in [0.2, 0.25) is 0 Å². The zero-order chi connectivity index (χ0) is 23.2. The highest BCUT2D eigenvalue weighted by atomic mass is 32.2. The summed E-state index contributed by atoms with van der Waals surface area (Å²) >= 11 is 1.44. The minimum Gasteiger partial charge on any atom is -0.378 e. The number of carbonyl (C=O) groups excluding carboxylic acids is 1. The van der Waals surface area contributed by atoms with Crippen LogP contribution in [0, 0.1) is 6.92 Å². The summed E-state index contributed by atoms with van der Waals surface area (Å²) in [4.78, 5) is 17.3. The largest absolute Gasteiger partial charge is 0.378 e. The molecule has 1 aliphatic heterocycles. The zero-order valence-corrected chi connectivity index (χ0v) is 20.3. The molecule has 1 amide bonds. The minimum atomic E-state index is 0.0885. The summed E-state index contributed by atoms with van der Waals surface area (Å²) in [6.07, 6.45) is 0. The number of rotatable bonds is 8. The first-order chi connectivity index (χ1) is 16.0. The van der Waals surface area contributed by atoms with Crippen molar-refractivity contribution in [2.24, 2.45) is 0 Å². The number of ether oxygens (including phenoxy) is 1. The standard InChI is InChI=1S/C25H31N5O2S/c1-19(2)29(17-21-9-5-4-6-10-21)23(31)18-33-25-27-26-24(28-12-14-32-15-13-28)30(25)22-11-7-8-20(3)16-22/h4-11,16,19H,12-15,17-18H2,1-3H3. The molecule has 174 valence electrons. The van der Waals surface area contributed by atoms with Crippen LogP contribution < -0.4 is 4.90 Å². The van der Waals surface area contributed by atoms with Gasteiger partial charge in [-0.2, -0.15) is 0 Å². The molecule has 2 heterocycles. The molecule has 4 rings (SSSR count). The molecule has 0 aliphatic carbocycles. The van der Waals surface area contributed by atoms with Gasteiger partial charge in [-0.05, 0) is 44.0 Å². The molecule has 7 nitrogen and oxygen atoms in total. The van der Waals surface area contributed by atoms with Crippen LogP contribution in [0.4, 0.5) is 5.95 Å². The number of morpholine rings is 1. The van der Waals surface area contributed by atoms with Crippen molar-refractivity contribution in [1.82, 2.24) is 19.7 Å². The molecule has 0 bridgehead atoms. The van der Waals surface area contributed by atoms with Gasteiger partial charge in [0.2, 0.25) is 11.9 Å². The van der Waals surface area contributed by atoms with Gasteiger partial charge in [0.15, 0.2) is 5.16 Å². The van der Waals surface area contributed by atoms with Gasteiger partial charge in [-0.1, -0.05) is 54.2 Å². The van der Waals surface area contributed by atoms with E-state index in [-0.39, 0.29) is 11.9 Å². The maximum atomic E-state index is 13.2. The molecule has 0 N–H and O–H groups in total. The van der Waals surface area contributed by atoms with E-state index in [4.69, 9.17) is 4.74 Å². The molecule has 33 heavy (non-hydrogen) atoms. The lowest BCUT2D eigenvalue weighted by atomic mass is 10.2. The van der Waals surface area contributed by atoms with Crippen molar-refractivity contribution >= 4 is 23.6 Å². The van der Waals surface area contributed by atoms with Crippen molar-refractivity contribution < 1.29 is 9.53 Å². The quantitative estimate of drug-likeness (QED) is 0.470. The van der Waals surface area contributed by atoms with Gasteiger partial charge in [0.05, 0.1) is 24.7 Å². The van der Waals surface area contributed by atoms with E-state index < -0.39 is 0 Å². The topological polar surface area (TPSA) is 63.5 Å². The predicted molar refractivity (Wildman–Crippen MR) is 132 cm³/mol. The fourth-order valence-corrected chi connectivity index (χ4v) is 4.70. The van der Waals surface area contributed by atoms with E-state index in [1.807, 2.05) is 29.2 Å². The molecule has 1 saturated heterocycles. The first kappa shape index (κ1) is 23.3. The van der Waals surface area contributed by atoms with Crippen molar-refractivity contribution in [3.05, 3.63) is 65.7 Å². The van der Waals surface area contributed by atoms with Gasteiger partial charge in [0, 0.05) is 25.7 Å². The Balaban J connectivity index is 1.55. The fraction of sp³-hybridized carbons (Fsp3) is 0.400. The third kappa shape index (κ3) is 5.75. The van der Waals surface area contributed by atoms with Gasteiger partial charge in [-0.15, -0.1) is 10.2 Å². The van der Waals surface area contributed by atoms with E-state index in [9.17, 15) is 4.79 Å². The molecule has 0 radical (unpaired) electrons. The lowest BCUT2D eigenvalue weighted by Gasteiger charge is -2.28. The Hall–Kier alpha value is -2.84. The smallest absolute Gasteiger partial charge is 0.233 e. The molecular formula is C25H31N5O2S. The highest BCUT2D eigenvalue weighted by Crippen LogP contribution is 2.28. The van der Waals surface area contributed by atoms with Crippen LogP contribution in [0.25, 0.3) is 5.69 Å². The molecule has 0 atom stereocenters. The number of aromatic nitrogens is 3. The van der Waals surface area contributed by atoms with Crippen LogP contribution in [0.15, 0.2) is 59.8 Å². The van der Waals surface area contributed by atoms with E-state index >= 15 is 0 Å². The lowest BCUT2D eigenvalue weighted by molar-refractivity contribution is -0.130. The number of benzene rings is 2. The van der Waals surface area contributed by atoms with Gasteiger partial charge in [-0.3, -0.25) is 9.36 Å². The predicted octanol–water partition coefficient (Wildman–Crippen LogP) is 3.94. The van der Waals surface area contributed by atoms with E-state index in [0.717, 1.165) is 41.0 Å². The molecule has 0 saturated carbocycles. The molecular weight excluding hydrogens is 434 g/mol. The number of hydrogen-bond acceptors (Lipinski definition) is 6. The molecule has 8 heteroatoms. The Bertz CT molecular complexity index is 1060. The second-order valence-corrected chi connectivity index (χ2v) is 9.39. The fourth-order valence-electron chi connectivity index (χ4n) is 3.86. The van der Waals surface area contributed by atoms with E-state index in [2.05, 4.69) is 70.8 Å². The molecule has 3 aromatic rings. The van der Waals surface area contributed by atoms with Crippen molar-refractivity contribution in [2.45, 2.75) is 38.5 Å². The molecule has 1 fully saturated rings. The number of thioether (sulfide) groups is 1. The highest BCUT2D eigenvalue weighted by Gasteiger charge is 2.24. The molecule has 2 aromatic carbocycles. The first-order valence-corrected chi connectivity index (χ1v) is 12.3. The maximum Gasteiger partial charge on any atom is 0.233 e. The summed E-state index contributed by atoms with van der Waals surface area (Å²) in [5, 5.41) is 9.71. The van der Waals surface area contributed by atoms with E-state index in [1.54, 1.807) is 0 Å². The molecule has 0 unspecified atom stereocenters. The average molecular weight is 466 g/mol. The number of amides is 1. The van der Waals surface area contributed by atoms with Crippen molar-refractivity contribution in [2.75, 3.05) is 37.0 Å². The van der Waals surface area contributed by atoms with Crippen LogP contribution in [0.3, 0.4) is 0 Å². The summed E-state index contributed by atoms with van der Waals surface area (Å²) in [5.41, 5.74) is 3.29. The van der Waals surface area contributed by atoms with Crippen LogP contribution in [-0.2, 0) is 16.1 Å². The normalized spacial score (nSPS) is 14.0. The monoisotopic (exact) mass is 465 g/mol. The average Bonchev–Trinajstić information content (AvgIpc) is 3.26. The minimum absolute atomic E-state index is 0.0885. The number of aryl methyl sites for hydroxylation is 1. The maximum absolute atomic E-state index is 13.2. The number of nitrogens with zero attached hydrogens (tertiary/aromatic N) is 5. The molecule has 1 aliphatic rings. The highest BCUT2D eigenvalue weighted by molar-refractivity contribution is 7.99. The SMILES string of the molecule is Cc1cccc(-n2c(SCC(=O)N(Cc3ccccc3)C(C)C)nnc2N2CCOCC2)c1. The number of carbonyl (C=O) groups is 1. The number of hydrogen-bond donors (Lipinski definition) is 0. The second-order valence-electron chi connectivity index (χ2n) is 8.45. The molecule has 1 aromatic heterocycles. The van der Waals surface area contributed by atoms with E-state index in [0.29, 0.717) is 25.5 Å². The van der Waals surface area contributed by atoms with E-state index in [1.165, 1.54) is 11.8 Å². The lowest BCUT2D eigenvalue weighted by Crippen LogP contribution is -2.38. The zero-order valence-electron chi connectivity index (χ0n) is 19.5. The van der Waals surface area contributed by atoms with Gasteiger partial charge >= 0.3 is 0 Å². The Morgan fingerprint density at radius 1 is 1.09 bits per heavy atom. The summed E-state index contributed by atoms with van der Waals surface area (Å²) < 4.78 is 7.58. The van der Waals surface area contributed by atoms with Gasteiger partial charge < -0.3 is 14.5 Å². The van der Waals surface area contributed by atoms with Gasteiger partial charge in [-0.25, -0.2) is 0 Å².